The molecule has 0 saturated carbocycles. The van der Waals surface area contributed by atoms with Gasteiger partial charge in [0.25, 0.3) is 0 Å². The highest BCUT2D eigenvalue weighted by Crippen LogP contribution is 2.28. The van der Waals surface area contributed by atoms with Gasteiger partial charge in [-0.3, -0.25) is 4.99 Å². The summed E-state index contributed by atoms with van der Waals surface area (Å²) in [5.41, 5.74) is 1.37. The van der Waals surface area contributed by atoms with E-state index < -0.39 is 0 Å². The Bertz CT molecular complexity index is 731. The number of rotatable bonds is 8. The molecule has 2 aromatic carbocycles. The SMILES string of the molecule is CN=C(NCCCCOc1ccccc1)N1CCC(c2ccc(OC)cc2)C1. The van der Waals surface area contributed by atoms with E-state index in [1.54, 1.807) is 7.11 Å². The number of methoxy groups -OCH3 is 1. The third-order valence-corrected chi connectivity index (χ3v) is 5.15. The number of aliphatic imine (C=N–C) groups is 1. The molecule has 2 aromatic rings. The van der Waals surface area contributed by atoms with Crippen LogP contribution in [0, 0.1) is 0 Å². The zero-order valence-corrected chi connectivity index (χ0v) is 16.9. The summed E-state index contributed by atoms with van der Waals surface area (Å²) >= 11 is 0. The standard InChI is InChI=1S/C23H31N3O2/c1-24-23(25-15-6-7-17-28-22-8-4-3-5-9-22)26-16-14-20(18-26)19-10-12-21(27-2)13-11-19/h3-5,8-13,20H,6-7,14-18H2,1-2H3,(H,24,25). The number of nitrogens with one attached hydrogen (secondary N) is 1. The second-order valence-electron chi connectivity index (χ2n) is 7.05. The van der Waals surface area contributed by atoms with Crippen molar-refractivity contribution in [3.8, 4) is 11.5 Å². The van der Waals surface area contributed by atoms with Crippen molar-refractivity contribution in [3.05, 3.63) is 60.2 Å². The molecule has 1 fully saturated rings. The normalized spacial score (nSPS) is 16.9. The summed E-state index contributed by atoms with van der Waals surface area (Å²) in [7, 11) is 3.57. The zero-order valence-electron chi connectivity index (χ0n) is 16.9. The maximum atomic E-state index is 5.74. The van der Waals surface area contributed by atoms with E-state index >= 15 is 0 Å². The molecule has 0 spiro atoms. The molecular formula is C23H31N3O2. The molecule has 5 nitrogen and oxygen atoms in total. The molecule has 1 heterocycles. The number of guanidine groups is 1. The van der Waals surface area contributed by atoms with Crippen molar-refractivity contribution in [1.82, 2.24) is 10.2 Å². The van der Waals surface area contributed by atoms with Gasteiger partial charge in [-0.05, 0) is 49.1 Å². The van der Waals surface area contributed by atoms with Gasteiger partial charge in [-0.15, -0.1) is 0 Å². The summed E-state index contributed by atoms with van der Waals surface area (Å²) in [6.45, 7) is 3.69. The van der Waals surface area contributed by atoms with Crippen LogP contribution in [0.1, 0.15) is 30.7 Å². The molecule has 1 aliphatic rings. The Balaban J connectivity index is 1.37. The van der Waals surface area contributed by atoms with Crippen LogP contribution in [0.4, 0.5) is 0 Å². The highest BCUT2D eigenvalue weighted by Gasteiger charge is 2.25. The smallest absolute Gasteiger partial charge is 0.193 e. The Labute approximate surface area is 168 Å². The van der Waals surface area contributed by atoms with Crippen LogP contribution in [0.3, 0.4) is 0 Å². The van der Waals surface area contributed by atoms with Gasteiger partial charge in [0.15, 0.2) is 5.96 Å². The van der Waals surface area contributed by atoms with Crippen LogP contribution >= 0.6 is 0 Å². The Morgan fingerprint density at radius 3 is 2.57 bits per heavy atom. The number of nitrogens with zero attached hydrogens (tertiary/aromatic N) is 2. The predicted octanol–water partition coefficient (Wildman–Crippen LogP) is 3.92. The van der Waals surface area contributed by atoms with Gasteiger partial charge >= 0.3 is 0 Å². The lowest BCUT2D eigenvalue weighted by Crippen LogP contribution is -2.40. The molecule has 0 aliphatic carbocycles. The van der Waals surface area contributed by atoms with Gasteiger partial charge in [0, 0.05) is 32.6 Å². The molecule has 1 unspecified atom stereocenters. The first kappa shape index (κ1) is 20.1. The molecule has 3 rings (SSSR count). The fraction of sp³-hybridized carbons (Fsp3) is 0.435. The molecule has 0 aromatic heterocycles. The lowest BCUT2D eigenvalue weighted by atomic mass is 9.98. The van der Waals surface area contributed by atoms with Gasteiger partial charge in [0.2, 0.25) is 0 Å². The van der Waals surface area contributed by atoms with E-state index in [1.165, 1.54) is 5.56 Å². The van der Waals surface area contributed by atoms with Gasteiger partial charge in [0.1, 0.15) is 11.5 Å². The Morgan fingerprint density at radius 2 is 1.86 bits per heavy atom. The Kier molecular flexibility index (Phi) is 7.59. The fourth-order valence-electron chi connectivity index (χ4n) is 3.57. The molecule has 1 N–H and O–H groups in total. The number of hydrogen-bond donors (Lipinski definition) is 1. The highest BCUT2D eigenvalue weighted by molar-refractivity contribution is 5.80. The van der Waals surface area contributed by atoms with Crippen molar-refractivity contribution >= 4 is 5.96 Å². The number of likely N-dealkylation sites (tertiary alicyclic amines) is 1. The summed E-state index contributed by atoms with van der Waals surface area (Å²) in [4.78, 5) is 6.83. The highest BCUT2D eigenvalue weighted by atomic mass is 16.5. The van der Waals surface area contributed by atoms with Crippen LogP contribution in [-0.4, -0.2) is 51.3 Å². The van der Waals surface area contributed by atoms with E-state index in [0.29, 0.717) is 5.92 Å². The summed E-state index contributed by atoms with van der Waals surface area (Å²) < 4.78 is 11.0. The van der Waals surface area contributed by atoms with Gasteiger partial charge in [0.05, 0.1) is 13.7 Å². The molecule has 1 atom stereocenters. The van der Waals surface area contributed by atoms with Crippen LogP contribution < -0.4 is 14.8 Å². The minimum atomic E-state index is 0.545. The third-order valence-electron chi connectivity index (χ3n) is 5.15. The van der Waals surface area contributed by atoms with E-state index in [1.807, 2.05) is 49.5 Å². The molecule has 0 radical (unpaired) electrons. The van der Waals surface area contributed by atoms with E-state index in [-0.39, 0.29) is 0 Å². The van der Waals surface area contributed by atoms with Crippen LogP contribution in [0.25, 0.3) is 0 Å². The first-order chi connectivity index (χ1) is 13.8. The molecule has 150 valence electrons. The van der Waals surface area contributed by atoms with E-state index in [2.05, 4.69) is 27.3 Å². The molecular weight excluding hydrogens is 350 g/mol. The van der Waals surface area contributed by atoms with E-state index in [9.17, 15) is 0 Å². The largest absolute Gasteiger partial charge is 0.497 e. The van der Waals surface area contributed by atoms with Crippen LogP contribution in [0.15, 0.2) is 59.6 Å². The van der Waals surface area contributed by atoms with Gasteiger partial charge in [-0.25, -0.2) is 0 Å². The van der Waals surface area contributed by atoms with Gasteiger partial charge < -0.3 is 19.7 Å². The monoisotopic (exact) mass is 381 g/mol. The lowest BCUT2D eigenvalue weighted by Gasteiger charge is -2.22. The second kappa shape index (κ2) is 10.6. The topological polar surface area (TPSA) is 46.1 Å². The molecule has 0 amide bonds. The number of hydrogen-bond acceptors (Lipinski definition) is 3. The number of unbranched alkanes of at least 4 members (excludes halogenated alkanes) is 1. The maximum Gasteiger partial charge on any atom is 0.193 e. The summed E-state index contributed by atoms with van der Waals surface area (Å²) in [6, 6.07) is 18.4. The first-order valence-corrected chi connectivity index (χ1v) is 10.1. The van der Waals surface area contributed by atoms with Crippen molar-refractivity contribution < 1.29 is 9.47 Å². The quantitative estimate of drug-likeness (QED) is 0.428. The van der Waals surface area contributed by atoms with Crippen LogP contribution in [0.5, 0.6) is 11.5 Å². The Morgan fingerprint density at radius 1 is 1.07 bits per heavy atom. The van der Waals surface area contributed by atoms with Crippen molar-refractivity contribution in [1.29, 1.82) is 0 Å². The van der Waals surface area contributed by atoms with E-state index in [4.69, 9.17) is 9.47 Å². The first-order valence-electron chi connectivity index (χ1n) is 10.1. The summed E-state index contributed by atoms with van der Waals surface area (Å²) in [6.07, 6.45) is 3.23. The lowest BCUT2D eigenvalue weighted by molar-refractivity contribution is 0.306. The average molecular weight is 382 g/mol. The van der Waals surface area contributed by atoms with Crippen LogP contribution in [0.2, 0.25) is 0 Å². The molecule has 1 saturated heterocycles. The van der Waals surface area contributed by atoms with Gasteiger partial charge in [-0.2, -0.15) is 0 Å². The van der Waals surface area contributed by atoms with Crippen molar-refractivity contribution in [2.45, 2.75) is 25.2 Å². The minimum absolute atomic E-state index is 0.545. The minimum Gasteiger partial charge on any atom is -0.497 e. The predicted molar refractivity (Wildman–Crippen MR) is 114 cm³/mol. The van der Waals surface area contributed by atoms with Crippen LogP contribution in [-0.2, 0) is 0 Å². The molecule has 1 aliphatic heterocycles. The second-order valence-corrected chi connectivity index (χ2v) is 7.05. The summed E-state index contributed by atoms with van der Waals surface area (Å²) in [5.74, 6) is 3.39. The molecule has 0 bridgehead atoms. The number of ether oxygens (including phenoxy) is 2. The Hall–Kier alpha value is -2.69. The summed E-state index contributed by atoms with van der Waals surface area (Å²) in [5, 5.41) is 3.50. The average Bonchev–Trinajstić information content (AvgIpc) is 3.24. The van der Waals surface area contributed by atoms with Crippen molar-refractivity contribution in [3.63, 3.8) is 0 Å². The number of para-hydroxylation sites is 1. The zero-order chi connectivity index (χ0) is 19.6. The number of benzene rings is 2. The molecule has 28 heavy (non-hydrogen) atoms. The van der Waals surface area contributed by atoms with E-state index in [0.717, 1.165) is 63.0 Å². The molecule has 5 heteroatoms. The van der Waals surface area contributed by atoms with Gasteiger partial charge in [-0.1, -0.05) is 30.3 Å². The maximum absolute atomic E-state index is 5.74. The third kappa shape index (κ3) is 5.65. The van der Waals surface area contributed by atoms with Crippen molar-refractivity contribution in [2.75, 3.05) is 40.4 Å². The van der Waals surface area contributed by atoms with Crippen molar-refractivity contribution in [2.24, 2.45) is 4.99 Å². The fourth-order valence-corrected chi connectivity index (χ4v) is 3.57.